The van der Waals surface area contributed by atoms with E-state index >= 15 is 0 Å². The molecule has 0 aromatic heterocycles. The Morgan fingerprint density at radius 2 is 2.06 bits per heavy atom. The van der Waals surface area contributed by atoms with Crippen molar-refractivity contribution in [2.45, 2.75) is 31.8 Å². The Bertz CT molecular complexity index is 418. The SMILES string of the molecule is CC(c1cccc(Cl)c1Cl)N(C)C(CN)C1CC1. The molecular weight excluding hydrogens is 267 g/mol. The van der Waals surface area contributed by atoms with E-state index in [-0.39, 0.29) is 6.04 Å². The molecule has 2 nitrogen and oxygen atoms in total. The second kappa shape index (κ2) is 5.79. The maximum atomic E-state index is 6.29. The predicted molar refractivity (Wildman–Crippen MR) is 78.2 cm³/mol. The van der Waals surface area contributed by atoms with Gasteiger partial charge >= 0.3 is 0 Å². The van der Waals surface area contributed by atoms with Gasteiger partial charge in [0.2, 0.25) is 0 Å². The summed E-state index contributed by atoms with van der Waals surface area (Å²) in [6.45, 7) is 2.85. The second-order valence-electron chi connectivity index (χ2n) is 5.12. The third-order valence-corrected chi connectivity index (χ3v) is 4.81. The Balaban J connectivity index is 2.19. The maximum absolute atomic E-state index is 6.29. The standard InChI is InChI=1S/C14H20Cl2N2/c1-9(11-4-3-5-12(15)14(11)16)18(2)13(8-17)10-6-7-10/h3-5,9-10,13H,6-8,17H2,1-2H3. The molecule has 1 aromatic rings. The number of rotatable bonds is 5. The van der Waals surface area contributed by atoms with Gasteiger partial charge in [0.1, 0.15) is 0 Å². The van der Waals surface area contributed by atoms with Crippen LogP contribution in [-0.4, -0.2) is 24.5 Å². The first-order chi connectivity index (χ1) is 8.56. The Labute approximate surface area is 119 Å². The van der Waals surface area contributed by atoms with Gasteiger partial charge in [0, 0.05) is 18.6 Å². The molecule has 2 N–H and O–H groups in total. The summed E-state index contributed by atoms with van der Waals surface area (Å²) in [7, 11) is 2.12. The van der Waals surface area contributed by atoms with E-state index in [1.165, 1.54) is 12.8 Å². The van der Waals surface area contributed by atoms with Crippen LogP contribution in [0.25, 0.3) is 0 Å². The second-order valence-corrected chi connectivity index (χ2v) is 5.91. The van der Waals surface area contributed by atoms with E-state index in [1.54, 1.807) is 0 Å². The first kappa shape index (κ1) is 14.1. The lowest BCUT2D eigenvalue weighted by atomic mass is 10.0. The van der Waals surface area contributed by atoms with Crippen LogP contribution >= 0.6 is 23.2 Å². The molecule has 2 unspecified atom stereocenters. The average molecular weight is 287 g/mol. The molecule has 0 amide bonds. The molecule has 100 valence electrons. The van der Waals surface area contributed by atoms with Gasteiger partial charge in [-0.2, -0.15) is 0 Å². The molecule has 2 rings (SSSR count). The van der Waals surface area contributed by atoms with Gasteiger partial charge in [0.05, 0.1) is 10.0 Å². The largest absolute Gasteiger partial charge is 0.329 e. The lowest BCUT2D eigenvalue weighted by molar-refractivity contribution is 0.170. The van der Waals surface area contributed by atoms with Crippen LogP contribution in [0.3, 0.4) is 0 Å². The highest BCUT2D eigenvalue weighted by molar-refractivity contribution is 6.42. The number of hydrogen-bond acceptors (Lipinski definition) is 2. The minimum absolute atomic E-state index is 0.227. The molecule has 1 saturated carbocycles. The summed E-state index contributed by atoms with van der Waals surface area (Å²) in [6, 6.07) is 6.47. The Hall–Kier alpha value is -0.280. The summed E-state index contributed by atoms with van der Waals surface area (Å²) < 4.78 is 0. The minimum Gasteiger partial charge on any atom is -0.329 e. The van der Waals surface area contributed by atoms with Crippen molar-refractivity contribution in [3.63, 3.8) is 0 Å². The van der Waals surface area contributed by atoms with Crippen molar-refractivity contribution in [1.29, 1.82) is 0 Å². The Morgan fingerprint density at radius 3 is 2.61 bits per heavy atom. The van der Waals surface area contributed by atoms with Crippen molar-refractivity contribution in [1.82, 2.24) is 4.90 Å². The molecule has 0 spiro atoms. The summed E-state index contributed by atoms with van der Waals surface area (Å²) in [5.41, 5.74) is 6.97. The number of nitrogens with two attached hydrogens (primary N) is 1. The molecule has 0 bridgehead atoms. The van der Waals surface area contributed by atoms with E-state index in [1.807, 2.05) is 18.2 Å². The molecule has 4 heteroatoms. The molecule has 1 aromatic carbocycles. The van der Waals surface area contributed by atoms with Crippen molar-refractivity contribution in [2.24, 2.45) is 11.7 Å². The summed E-state index contributed by atoms with van der Waals surface area (Å²) in [5.74, 6) is 0.750. The zero-order chi connectivity index (χ0) is 13.3. The number of halogens is 2. The van der Waals surface area contributed by atoms with Crippen LogP contribution in [0, 0.1) is 5.92 Å². The third-order valence-electron chi connectivity index (χ3n) is 3.97. The first-order valence-corrected chi connectivity index (χ1v) is 7.17. The zero-order valence-electron chi connectivity index (χ0n) is 10.9. The van der Waals surface area contributed by atoms with E-state index in [0.29, 0.717) is 22.6 Å². The fourth-order valence-electron chi connectivity index (χ4n) is 2.52. The van der Waals surface area contributed by atoms with Crippen molar-refractivity contribution in [3.8, 4) is 0 Å². The Morgan fingerprint density at radius 1 is 1.39 bits per heavy atom. The van der Waals surface area contributed by atoms with Crippen LogP contribution in [0.2, 0.25) is 10.0 Å². The van der Waals surface area contributed by atoms with Crippen molar-refractivity contribution in [3.05, 3.63) is 33.8 Å². The van der Waals surface area contributed by atoms with E-state index < -0.39 is 0 Å². The van der Waals surface area contributed by atoms with Gasteiger partial charge in [-0.15, -0.1) is 0 Å². The third kappa shape index (κ3) is 2.83. The van der Waals surface area contributed by atoms with Crippen molar-refractivity contribution in [2.75, 3.05) is 13.6 Å². The van der Waals surface area contributed by atoms with Gasteiger partial charge < -0.3 is 5.73 Å². The lowest BCUT2D eigenvalue weighted by Gasteiger charge is -2.33. The van der Waals surface area contributed by atoms with E-state index in [9.17, 15) is 0 Å². The van der Waals surface area contributed by atoms with Gasteiger partial charge in [-0.1, -0.05) is 35.3 Å². The molecule has 18 heavy (non-hydrogen) atoms. The number of likely N-dealkylation sites (N-methyl/N-ethyl adjacent to an activating group) is 1. The molecule has 1 aliphatic rings. The van der Waals surface area contributed by atoms with Crippen LogP contribution < -0.4 is 5.73 Å². The Kier molecular flexibility index (Phi) is 4.54. The van der Waals surface area contributed by atoms with E-state index in [0.717, 1.165) is 11.5 Å². The average Bonchev–Trinajstić information content (AvgIpc) is 3.17. The van der Waals surface area contributed by atoms with Gasteiger partial charge in [0.15, 0.2) is 0 Å². The molecule has 0 saturated heterocycles. The van der Waals surface area contributed by atoms with Gasteiger partial charge in [-0.05, 0) is 44.4 Å². The highest BCUT2D eigenvalue weighted by atomic mass is 35.5. The molecule has 0 aliphatic heterocycles. The number of hydrogen-bond donors (Lipinski definition) is 1. The highest BCUT2D eigenvalue weighted by Crippen LogP contribution is 2.39. The quantitative estimate of drug-likeness (QED) is 0.894. The molecule has 1 aliphatic carbocycles. The van der Waals surface area contributed by atoms with Gasteiger partial charge in [-0.3, -0.25) is 4.90 Å². The van der Waals surface area contributed by atoms with Crippen molar-refractivity contribution < 1.29 is 0 Å². The minimum atomic E-state index is 0.227. The van der Waals surface area contributed by atoms with Gasteiger partial charge in [-0.25, -0.2) is 0 Å². The molecule has 2 atom stereocenters. The highest BCUT2D eigenvalue weighted by Gasteiger charge is 2.35. The molecule has 1 fully saturated rings. The summed E-state index contributed by atoms with van der Waals surface area (Å²) in [4.78, 5) is 2.33. The van der Waals surface area contributed by atoms with Crippen LogP contribution in [0.4, 0.5) is 0 Å². The zero-order valence-corrected chi connectivity index (χ0v) is 12.4. The van der Waals surface area contributed by atoms with E-state index in [4.69, 9.17) is 28.9 Å². The number of nitrogens with zero attached hydrogens (tertiary/aromatic N) is 1. The van der Waals surface area contributed by atoms with Crippen LogP contribution in [0.5, 0.6) is 0 Å². The van der Waals surface area contributed by atoms with Crippen LogP contribution in [0.1, 0.15) is 31.4 Å². The van der Waals surface area contributed by atoms with E-state index in [2.05, 4.69) is 18.9 Å². The summed E-state index contributed by atoms with van der Waals surface area (Å²) in [5, 5.41) is 1.27. The monoisotopic (exact) mass is 286 g/mol. The lowest BCUT2D eigenvalue weighted by Crippen LogP contribution is -2.41. The topological polar surface area (TPSA) is 29.3 Å². The summed E-state index contributed by atoms with van der Waals surface area (Å²) >= 11 is 12.4. The summed E-state index contributed by atoms with van der Waals surface area (Å²) in [6.07, 6.45) is 2.59. The fraction of sp³-hybridized carbons (Fsp3) is 0.571. The normalized spacial score (nSPS) is 19.0. The first-order valence-electron chi connectivity index (χ1n) is 6.42. The molecule has 0 heterocycles. The van der Waals surface area contributed by atoms with Gasteiger partial charge in [0.25, 0.3) is 0 Å². The smallest absolute Gasteiger partial charge is 0.0640 e. The van der Waals surface area contributed by atoms with Crippen LogP contribution in [-0.2, 0) is 0 Å². The fourth-order valence-corrected chi connectivity index (χ4v) is 2.99. The number of benzene rings is 1. The van der Waals surface area contributed by atoms with Crippen molar-refractivity contribution >= 4 is 23.2 Å². The maximum Gasteiger partial charge on any atom is 0.0640 e. The predicted octanol–water partition coefficient (Wildman–Crippen LogP) is 3.72. The van der Waals surface area contributed by atoms with Crippen LogP contribution in [0.15, 0.2) is 18.2 Å². The molecule has 0 radical (unpaired) electrons. The molecular formula is C14H20Cl2N2.